The minimum atomic E-state index is -0.117. The fourth-order valence-electron chi connectivity index (χ4n) is 3.19. The standard InChI is InChI=1S/C19H16N4O/c1-13-17-12-21-23(16-8-10-20-11-9-16)19(24)18(17)14(2)22(13)15-6-4-3-5-7-15/h3-12H,1-2H3. The molecule has 0 saturated carbocycles. The molecule has 4 rings (SSSR count). The Morgan fingerprint density at radius 3 is 2.29 bits per heavy atom. The van der Waals surface area contributed by atoms with Gasteiger partial charge in [0.2, 0.25) is 0 Å². The highest BCUT2D eigenvalue weighted by atomic mass is 16.1. The van der Waals surface area contributed by atoms with E-state index in [2.05, 4.69) is 14.6 Å². The largest absolute Gasteiger partial charge is 0.317 e. The Hall–Kier alpha value is -3.21. The lowest BCUT2D eigenvalue weighted by Crippen LogP contribution is -2.21. The molecule has 0 fully saturated rings. The second-order valence-corrected chi connectivity index (χ2v) is 5.70. The molecule has 3 aromatic heterocycles. The predicted octanol–water partition coefficient (Wildman–Crippen LogP) is 3.19. The van der Waals surface area contributed by atoms with Crippen LogP contribution in [-0.4, -0.2) is 19.3 Å². The van der Waals surface area contributed by atoms with Crippen LogP contribution in [0.5, 0.6) is 0 Å². The highest BCUT2D eigenvalue weighted by Crippen LogP contribution is 2.26. The SMILES string of the molecule is Cc1c2cnn(-c3ccncc3)c(=O)c2c(C)n1-c1ccccc1. The van der Waals surface area contributed by atoms with E-state index in [-0.39, 0.29) is 5.56 Å². The van der Waals surface area contributed by atoms with Gasteiger partial charge >= 0.3 is 0 Å². The average molecular weight is 316 g/mol. The zero-order valence-corrected chi connectivity index (χ0v) is 13.5. The van der Waals surface area contributed by atoms with E-state index in [1.165, 1.54) is 4.68 Å². The summed E-state index contributed by atoms with van der Waals surface area (Å²) in [6, 6.07) is 13.6. The van der Waals surface area contributed by atoms with E-state index in [0.717, 1.165) is 22.5 Å². The smallest absolute Gasteiger partial charge is 0.281 e. The van der Waals surface area contributed by atoms with Crippen molar-refractivity contribution < 1.29 is 0 Å². The number of nitrogens with zero attached hydrogens (tertiary/aromatic N) is 4. The maximum absolute atomic E-state index is 13.0. The summed E-state index contributed by atoms with van der Waals surface area (Å²) >= 11 is 0. The highest BCUT2D eigenvalue weighted by Gasteiger charge is 2.17. The lowest BCUT2D eigenvalue weighted by Gasteiger charge is -2.08. The number of fused-ring (bicyclic) bond motifs is 1. The van der Waals surface area contributed by atoms with Crippen LogP contribution in [0.1, 0.15) is 11.4 Å². The zero-order chi connectivity index (χ0) is 16.7. The van der Waals surface area contributed by atoms with Crippen molar-refractivity contribution in [1.82, 2.24) is 19.3 Å². The first kappa shape index (κ1) is 14.4. The van der Waals surface area contributed by atoms with Crippen molar-refractivity contribution in [3.63, 3.8) is 0 Å². The number of pyridine rings is 1. The van der Waals surface area contributed by atoms with Crippen molar-refractivity contribution in [3.05, 3.63) is 82.8 Å². The Kier molecular flexibility index (Phi) is 3.27. The monoisotopic (exact) mass is 316 g/mol. The van der Waals surface area contributed by atoms with Gasteiger partial charge in [-0.05, 0) is 38.1 Å². The zero-order valence-electron chi connectivity index (χ0n) is 13.5. The molecule has 4 aromatic rings. The maximum atomic E-state index is 13.0. The number of para-hydroxylation sites is 1. The number of aryl methyl sites for hydroxylation is 2. The van der Waals surface area contributed by atoms with Gasteiger partial charge < -0.3 is 4.57 Å². The van der Waals surface area contributed by atoms with Crippen molar-refractivity contribution in [2.75, 3.05) is 0 Å². The van der Waals surface area contributed by atoms with Crippen LogP contribution in [0.15, 0.2) is 65.8 Å². The van der Waals surface area contributed by atoms with E-state index in [1.54, 1.807) is 30.7 Å². The summed E-state index contributed by atoms with van der Waals surface area (Å²) in [5, 5.41) is 5.93. The molecule has 0 N–H and O–H groups in total. The molecule has 24 heavy (non-hydrogen) atoms. The molecule has 0 saturated heterocycles. The molecule has 0 spiro atoms. The van der Waals surface area contributed by atoms with Gasteiger partial charge in [0.25, 0.3) is 5.56 Å². The van der Waals surface area contributed by atoms with Gasteiger partial charge in [-0.15, -0.1) is 0 Å². The van der Waals surface area contributed by atoms with Gasteiger partial charge in [0.05, 0.1) is 17.3 Å². The summed E-state index contributed by atoms with van der Waals surface area (Å²) in [6.07, 6.45) is 5.07. The fraction of sp³-hybridized carbons (Fsp3) is 0.105. The Balaban J connectivity index is 2.04. The number of hydrogen-bond donors (Lipinski definition) is 0. The average Bonchev–Trinajstić information content (AvgIpc) is 2.88. The second kappa shape index (κ2) is 5.45. The van der Waals surface area contributed by atoms with Crippen molar-refractivity contribution in [3.8, 4) is 11.4 Å². The first-order valence-electron chi connectivity index (χ1n) is 7.74. The van der Waals surface area contributed by atoms with Gasteiger partial charge in [-0.25, -0.2) is 0 Å². The van der Waals surface area contributed by atoms with E-state index >= 15 is 0 Å². The Morgan fingerprint density at radius 1 is 0.875 bits per heavy atom. The molecule has 118 valence electrons. The summed E-state index contributed by atoms with van der Waals surface area (Å²) in [5.74, 6) is 0. The third kappa shape index (κ3) is 2.06. The first-order chi connectivity index (χ1) is 11.7. The molecule has 5 heteroatoms. The van der Waals surface area contributed by atoms with E-state index in [4.69, 9.17) is 0 Å². The van der Waals surface area contributed by atoms with Gasteiger partial charge in [-0.3, -0.25) is 9.78 Å². The van der Waals surface area contributed by atoms with Crippen LogP contribution in [0.4, 0.5) is 0 Å². The summed E-state index contributed by atoms with van der Waals surface area (Å²) in [7, 11) is 0. The van der Waals surface area contributed by atoms with Gasteiger partial charge in [0.1, 0.15) is 0 Å². The van der Waals surface area contributed by atoms with Gasteiger partial charge in [0, 0.05) is 34.9 Å². The Bertz CT molecular complexity index is 1080. The molecule has 0 aliphatic carbocycles. The van der Waals surface area contributed by atoms with Gasteiger partial charge in [0.15, 0.2) is 0 Å². The molecule has 0 aliphatic rings. The van der Waals surface area contributed by atoms with Gasteiger partial charge in [-0.2, -0.15) is 9.78 Å². The van der Waals surface area contributed by atoms with Crippen LogP contribution in [0.2, 0.25) is 0 Å². The Morgan fingerprint density at radius 2 is 1.58 bits per heavy atom. The maximum Gasteiger partial charge on any atom is 0.281 e. The lowest BCUT2D eigenvalue weighted by atomic mass is 10.2. The Labute approximate surface area is 138 Å². The van der Waals surface area contributed by atoms with Crippen LogP contribution in [0.3, 0.4) is 0 Å². The highest BCUT2D eigenvalue weighted by molar-refractivity contribution is 5.88. The molecule has 0 radical (unpaired) electrons. The molecular formula is C19H16N4O. The molecule has 5 nitrogen and oxygen atoms in total. The minimum Gasteiger partial charge on any atom is -0.317 e. The van der Waals surface area contributed by atoms with Crippen LogP contribution >= 0.6 is 0 Å². The normalized spacial score (nSPS) is 11.1. The molecular weight excluding hydrogens is 300 g/mol. The van der Waals surface area contributed by atoms with Crippen molar-refractivity contribution in [1.29, 1.82) is 0 Å². The number of hydrogen-bond acceptors (Lipinski definition) is 3. The fourth-order valence-corrected chi connectivity index (χ4v) is 3.19. The van der Waals surface area contributed by atoms with E-state index in [9.17, 15) is 4.79 Å². The molecule has 0 amide bonds. The van der Waals surface area contributed by atoms with E-state index in [1.807, 2.05) is 44.2 Å². The lowest BCUT2D eigenvalue weighted by molar-refractivity contribution is 0.819. The van der Waals surface area contributed by atoms with Crippen LogP contribution < -0.4 is 5.56 Å². The molecule has 0 unspecified atom stereocenters. The molecule has 0 bridgehead atoms. The van der Waals surface area contributed by atoms with Crippen LogP contribution in [0.25, 0.3) is 22.1 Å². The van der Waals surface area contributed by atoms with Gasteiger partial charge in [-0.1, -0.05) is 18.2 Å². The topological polar surface area (TPSA) is 52.7 Å². The quantitative estimate of drug-likeness (QED) is 0.571. The summed E-state index contributed by atoms with van der Waals surface area (Å²) in [4.78, 5) is 17.0. The molecule has 0 aliphatic heterocycles. The first-order valence-corrected chi connectivity index (χ1v) is 7.74. The molecule has 3 heterocycles. The van der Waals surface area contributed by atoms with Crippen molar-refractivity contribution >= 4 is 10.8 Å². The predicted molar refractivity (Wildman–Crippen MR) is 93.9 cm³/mol. The van der Waals surface area contributed by atoms with E-state index < -0.39 is 0 Å². The number of aromatic nitrogens is 4. The van der Waals surface area contributed by atoms with Crippen LogP contribution in [0, 0.1) is 13.8 Å². The third-order valence-electron chi connectivity index (χ3n) is 4.32. The molecule has 1 aromatic carbocycles. The number of rotatable bonds is 2. The van der Waals surface area contributed by atoms with Crippen LogP contribution in [-0.2, 0) is 0 Å². The minimum absolute atomic E-state index is 0.117. The second-order valence-electron chi connectivity index (χ2n) is 5.70. The van der Waals surface area contributed by atoms with Crippen molar-refractivity contribution in [2.24, 2.45) is 0 Å². The van der Waals surface area contributed by atoms with E-state index in [0.29, 0.717) is 11.1 Å². The summed E-state index contributed by atoms with van der Waals surface area (Å²) in [6.45, 7) is 3.99. The number of benzene rings is 1. The third-order valence-corrected chi connectivity index (χ3v) is 4.32. The summed E-state index contributed by atoms with van der Waals surface area (Å²) in [5.41, 5.74) is 3.57. The summed E-state index contributed by atoms with van der Waals surface area (Å²) < 4.78 is 3.52. The van der Waals surface area contributed by atoms with Crippen molar-refractivity contribution in [2.45, 2.75) is 13.8 Å². The molecule has 0 atom stereocenters.